The van der Waals surface area contributed by atoms with E-state index in [0.717, 1.165) is 31.4 Å². The Hall–Kier alpha value is -1.06. The molecular formula is C11H14F3N. The quantitative estimate of drug-likeness (QED) is 0.698. The average molecular weight is 217 g/mol. The first-order chi connectivity index (χ1) is 7.04. The Balaban J connectivity index is 2.66. The highest BCUT2D eigenvalue weighted by atomic mass is 19.4. The summed E-state index contributed by atoms with van der Waals surface area (Å²) in [7, 11) is 0. The fraction of sp³-hybridized carbons (Fsp3) is 0.545. The largest absolute Gasteiger partial charge is 0.416 e. The second-order valence-corrected chi connectivity index (χ2v) is 3.49. The van der Waals surface area contributed by atoms with Crippen LogP contribution in [0.5, 0.6) is 0 Å². The van der Waals surface area contributed by atoms with E-state index in [-0.39, 0.29) is 0 Å². The number of nitrogens with zero attached hydrogens (tertiary/aromatic N) is 1. The molecule has 15 heavy (non-hydrogen) atoms. The second-order valence-electron chi connectivity index (χ2n) is 3.49. The van der Waals surface area contributed by atoms with E-state index in [1.165, 1.54) is 6.20 Å². The minimum Gasteiger partial charge on any atom is -0.261 e. The molecule has 0 unspecified atom stereocenters. The number of aryl methyl sites for hydroxylation is 1. The standard InChI is InChI=1S/C11H14F3N/c1-2-3-4-5-10-8-9(6-7-15-10)11(12,13)14/h6-8H,2-5H2,1H3. The Morgan fingerprint density at radius 3 is 2.60 bits per heavy atom. The van der Waals surface area contributed by atoms with Gasteiger partial charge in [0, 0.05) is 11.9 Å². The fourth-order valence-electron chi connectivity index (χ4n) is 1.35. The first-order valence-corrected chi connectivity index (χ1v) is 5.06. The lowest BCUT2D eigenvalue weighted by molar-refractivity contribution is -0.137. The van der Waals surface area contributed by atoms with Crippen LogP contribution in [0.3, 0.4) is 0 Å². The van der Waals surface area contributed by atoms with Crippen LogP contribution in [0, 0.1) is 0 Å². The van der Waals surface area contributed by atoms with Crippen LogP contribution in [0.2, 0.25) is 0 Å². The Bertz CT molecular complexity index is 307. The van der Waals surface area contributed by atoms with Crippen LogP contribution in [-0.2, 0) is 12.6 Å². The third kappa shape index (κ3) is 3.90. The molecule has 0 spiro atoms. The SMILES string of the molecule is CCCCCc1cc(C(F)(F)F)ccn1. The summed E-state index contributed by atoms with van der Waals surface area (Å²) in [5, 5.41) is 0. The first kappa shape index (κ1) is 12.0. The van der Waals surface area contributed by atoms with Crippen LogP contribution < -0.4 is 0 Å². The van der Waals surface area contributed by atoms with Crippen molar-refractivity contribution in [3.63, 3.8) is 0 Å². The van der Waals surface area contributed by atoms with Crippen LogP contribution in [0.4, 0.5) is 13.2 Å². The van der Waals surface area contributed by atoms with Gasteiger partial charge in [0.25, 0.3) is 0 Å². The third-order valence-corrected chi connectivity index (χ3v) is 2.18. The fourth-order valence-corrected chi connectivity index (χ4v) is 1.35. The maximum atomic E-state index is 12.3. The topological polar surface area (TPSA) is 12.9 Å². The molecule has 0 aliphatic rings. The van der Waals surface area contributed by atoms with Gasteiger partial charge in [-0.25, -0.2) is 0 Å². The van der Waals surface area contributed by atoms with Crippen molar-refractivity contribution in [3.05, 3.63) is 29.6 Å². The number of pyridine rings is 1. The van der Waals surface area contributed by atoms with E-state index >= 15 is 0 Å². The van der Waals surface area contributed by atoms with E-state index in [0.29, 0.717) is 12.1 Å². The molecule has 0 saturated carbocycles. The summed E-state index contributed by atoms with van der Waals surface area (Å²) in [5.41, 5.74) is -0.0812. The summed E-state index contributed by atoms with van der Waals surface area (Å²) < 4.78 is 37.0. The molecule has 1 aromatic heterocycles. The lowest BCUT2D eigenvalue weighted by Crippen LogP contribution is -2.06. The lowest BCUT2D eigenvalue weighted by Gasteiger charge is -2.07. The number of unbranched alkanes of at least 4 members (excludes halogenated alkanes) is 2. The van der Waals surface area contributed by atoms with Crippen molar-refractivity contribution in [1.82, 2.24) is 4.98 Å². The molecule has 1 nitrogen and oxygen atoms in total. The summed E-state index contributed by atoms with van der Waals surface area (Å²) >= 11 is 0. The molecule has 0 saturated heterocycles. The van der Waals surface area contributed by atoms with Crippen molar-refractivity contribution >= 4 is 0 Å². The van der Waals surface area contributed by atoms with Crippen LogP contribution in [0.1, 0.15) is 37.4 Å². The number of hydrogen-bond donors (Lipinski definition) is 0. The summed E-state index contributed by atoms with van der Waals surface area (Å²) in [4.78, 5) is 3.92. The molecule has 0 N–H and O–H groups in total. The molecule has 0 aromatic carbocycles. The number of rotatable bonds is 4. The van der Waals surface area contributed by atoms with Gasteiger partial charge in [-0.2, -0.15) is 13.2 Å². The van der Waals surface area contributed by atoms with Crippen LogP contribution in [-0.4, -0.2) is 4.98 Å². The molecular weight excluding hydrogens is 203 g/mol. The maximum Gasteiger partial charge on any atom is 0.416 e. The van der Waals surface area contributed by atoms with Gasteiger partial charge in [-0.15, -0.1) is 0 Å². The van der Waals surface area contributed by atoms with E-state index in [9.17, 15) is 13.2 Å². The zero-order chi connectivity index (χ0) is 11.3. The zero-order valence-electron chi connectivity index (χ0n) is 8.64. The molecule has 0 amide bonds. The molecule has 0 fully saturated rings. The summed E-state index contributed by atoms with van der Waals surface area (Å²) in [5.74, 6) is 0. The number of aromatic nitrogens is 1. The van der Waals surface area contributed by atoms with Crippen molar-refractivity contribution in [2.45, 2.75) is 38.8 Å². The van der Waals surface area contributed by atoms with Crippen molar-refractivity contribution in [3.8, 4) is 0 Å². The van der Waals surface area contributed by atoms with Gasteiger partial charge in [0.1, 0.15) is 0 Å². The molecule has 0 aliphatic heterocycles. The van der Waals surface area contributed by atoms with E-state index in [1.54, 1.807) is 0 Å². The molecule has 0 radical (unpaired) electrons. The smallest absolute Gasteiger partial charge is 0.261 e. The van der Waals surface area contributed by atoms with Crippen LogP contribution in [0.15, 0.2) is 18.3 Å². The molecule has 1 rings (SSSR count). The van der Waals surface area contributed by atoms with E-state index in [4.69, 9.17) is 0 Å². The minimum absolute atomic E-state index is 0.526. The van der Waals surface area contributed by atoms with Gasteiger partial charge in [0.15, 0.2) is 0 Å². The molecule has 0 aliphatic carbocycles. The highest BCUT2D eigenvalue weighted by molar-refractivity contribution is 5.19. The number of alkyl halides is 3. The van der Waals surface area contributed by atoms with Gasteiger partial charge in [-0.3, -0.25) is 4.98 Å². The van der Waals surface area contributed by atoms with Crippen molar-refractivity contribution < 1.29 is 13.2 Å². The normalized spacial score (nSPS) is 11.7. The van der Waals surface area contributed by atoms with Crippen molar-refractivity contribution in [1.29, 1.82) is 0 Å². The van der Waals surface area contributed by atoms with Gasteiger partial charge in [0.2, 0.25) is 0 Å². The predicted octanol–water partition coefficient (Wildman–Crippen LogP) is 3.83. The molecule has 1 aromatic rings. The van der Waals surface area contributed by atoms with E-state index < -0.39 is 11.7 Å². The maximum absolute atomic E-state index is 12.3. The Labute approximate surface area is 87.3 Å². The van der Waals surface area contributed by atoms with E-state index in [2.05, 4.69) is 11.9 Å². The van der Waals surface area contributed by atoms with Crippen LogP contribution in [0.25, 0.3) is 0 Å². The second kappa shape index (κ2) is 5.14. The lowest BCUT2D eigenvalue weighted by atomic mass is 10.1. The minimum atomic E-state index is -4.26. The monoisotopic (exact) mass is 217 g/mol. The molecule has 0 bridgehead atoms. The predicted molar refractivity (Wildman–Crippen MR) is 52.5 cm³/mol. The highest BCUT2D eigenvalue weighted by Gasteiger charge is 2.30. The Morgan fingerprint density at radius 2 is 2.00 bits per heavy atom. The molecule has 0 atom stereocenters. The van der Waals surface area contributed by atoms with Crippen molar-refractivity contribution in [2.75, 3.05) is 0 Å². The van der Waals surface area contributed by atoms with Crippen molar-refractivity contribution in [2.24, 2.45) is 0 Å². The van der Waals surface area contributed by atoms with Gasteiger partial charge in [0.05, 0.1) is 5.56 Å². The number of hydrogen-bond acceptors (Lipinski definition) is 1. The van der Waals surface area contributed by atoms with Crippen LogP contribution >= 0.6 is 0 Å². The number of halogens is 3. The summed E-state index contributed by atoms with van der Waals surface area (Å²) in [6.07, 6.45) is 0.562. The summed E-state index contributed by atoms with van der Waals surface area (Å²) in [6, 6.07) is 2.14. The van der Waals surface area contributed by atoms with Gasteiger partial charge in [-0.1, -0.05) is 19.8 Å². The zero-order valence-corrected chi connectivity index (χ0v) is 8.64. The first-order valence-electron chi connectivity index (χ1n) is 5.06. The molecule has 1 heterocycles. The Morgan fingerprint density at radius 1 is 1.27 bits per heavy atom. The van der Waals surface area contributed by atoms with Gasteiger partial charge < -0.3 is 0 Å². The third-order valence-electron chi connectivity index (χ3n) is 2.18. The van der Waals surface area contributed by atoms with Gasteiger partial charge in [-0.05, 0) is 25.0 Å². The van der Waals surface area contributed by atoms with E-state index in [1.807, 2.05) is 0 Å². The summed E-state index contributed by atoms with van der Waals surface area (Å²) in [6.45, 7) is 2.06. The van der Waals surface area contributed by atoms with Gasteiger partial charge >= 0.3 is 6.18 Å². The Kier molecular flexibility index (Phi) is 4.12. The average Bonchev–Trinajstić information content (AvgIpc) is 2.17. The molecule has 4 heteroatoms. The highest BCUT2D eigenvalue weighted by Crippen LogP contribution is 2.29. The molecule has 84 valence electrons.